The van der Waals surface area contributed by atoms with Gasteiger partial charge in [0.1, 0.15) is 11.3 Å². The van der Waals surface area contributed by atoms with Crippen molar-refractivity contribution in [2.24, 2.45) is 0 Å². The number of aromatic hydroxyl groups is 1. The van der Waals surface area contributed by atoms with Crippen LogP contribution in [0.2, 0.25) is 0 Å². The van der Waals surface area contributed by atoms with Crippen molar-refractivity contribution < 1.29 is 9.84 Å². The minimum absolute atomic E-state index is 0.0868. The maximum absolute atomic E-state index is 10.2. The van der Waals surface area contributed by atoms with Gasteiger partial charge in [-0.2, -0.15) is 4.98 Å². The van der Waals surface area contributed by atoms with E-state index in [1.165, 1.54) is 0 Å². The van der Waals surface area contributed by atoms with Gasteiger partial charge >= 0.3 is 0 Å². The average Bonchev–Trinajstić information content (AvgIpc) is 2.62. The lowest BCUT2D eigenvalue weighted by atomic mass is 10.1. The third-order valence-corrected chi connectivity index (χ3v) is 4.23. The van der Waals surface area contributed by atoms with Crippen LogP contribution in [0.15, 0.2) is 36.4 Å². The maximum atomic E-state index is 10.2. The zero-order chi connectivity index (χ0) is 18.3. The Bertz CT molecular complexity index is 1140. The van der Waals surface area contributed by atoms with Crippen molar-refractivity contribution in [3.8, 4) is 11.6 Å². The summed E-state index contributed by atoms with van der Waals surface area (Å²) in [7, 11) is 1.60. The summed E-state index contributed by atoms with van der Waals surface area (Å²) in [4.78, 5) is 17.6. The normalized spacial score (nSPS) is 11.0. The van der Waals surface area contributed by atoms with Gasteiger partial charge in [-0.3, -0.25) is 5.32 Å². The Balaban J connectivity index is 1.82. The highest BCUT2D eigenvalue weighted by Gasteiger charge is 2.12. The number of ether oxygens (including phenoxy) is 1. The molecule has 0 atom stereocenters. The number of anilines is 2. The molecule has 7 heteroatoms. The highest BCUT2D eigenvalue weighted by atomic mass is 16.5. The van der Waals surface area contributed by atoms with Crippen LogP contribution in [-0.2, 0) is 0 Å². The molecular formula is C19H17N5O2. The Morgan fingerprint density at radius 1 is 0.846 bits per heavy atom. The predicted octanol–water partition coefficient (Wildman–Crippen LogP) is 3.65. The van der Waals surface area contributed by atoms with Crippen molar-refractivity contribution in [3.63, 3.8) is 0 Å². The van der Waals surface area contributed by atoms with Crippen LogP contribution in [0, 0.1) is 13.8 Å². The van der Waals surface area contributed by atoms with Crippen LogP contribution >= 0.6 is 0 Å². The molecule has 2 heterocycles. The highest BCUT2D eigenvalue weighted by Crippen LogP contribution is 2.28. The molecule has 0 unspecified atom stereocenters. The molecule has 0 aliphatic carbocycles. The first-order valence-electron chi connectivity index (χ1n) is 8.11. The molecule has 0 saturated heterocycles. The van der Waals surface area contributed by atoms with Gasteiger partial charge in [-0.1, -0.05) is 24.3 Å². The monoisotopic (exact) mass is 347 g/mol. The van der Waals surface area contributed by atoms with Crippen molar-refractivity contribution in [2.45, 2.75) is 13.8 Å². The second-order valence-corrected chi connectivity index (χ2v) is 5.96. The number of para-hydroxylation sites is 2. The van der Waals surface area contributed by atoms with E-state index in [1.54, 1.807) is 13.2 Å². The summed E-state index contributed by atoms with van der Waals surface area (Å²) in [5, 5.41) is 14.7. The van der Waals surface area contributed by atoms with Gasteiger partial charge < -0.3 is 9.84 Å². The van der Waals surface area contributed by atoms with Crippen LogP contribution in [0.25, 0.3) is 21.8 Å². The fourth-order valence-electron chi connectivity index (χ4n) is 2.94. The predicted molar refractivity (Wildman–Crippen MR) is 100 cm³/mol. The van der Waals surface area contributed by atoms with Gasteiger partial charge in [0.05, 0.1) is 23.7 Å². The van der Waals surface area contributed by atoms with Crippen LogP contribution in [0.3, 0.4) is 0 Å². The Morgan fingerprint density at radius 2 is 1.54 bits per heavy atom. The van der Waals surface area contributed by atoms with Gasteiger partial charge in [-0.05, 0) is 31.5 Å². The SMILES string of the molecule is COc1cccc2c(C)nc(Nc3nc(O)c4cccc(C)c4n3)nc12. The van der Waals surface area contributed by atoms with Gasteiger partial charge in [-0.15, -0.1) is 0 Å². The number of methoxy groups -OCH3 is 1. The van der Waals surface area contributed by atoms with E-state index in [-0.39, 0.29) is 11.8 Å². The molecule has 0 spiro atoms. The number of nitrogens with one attached hydrogen (secondary N) is 1. The van der Waals surface area contributed by atoms with Gasteiger partial charge in [0.2, 0.25) is 17.8 Å². The van der Waals surface area contributed by atoms with Crippen molar-refractivity contribution in [1.29, 1.82) is 0 Å². The smallest absolute Gasteiger partial charge is 0.233 e. The standard InChI is InChI=1S/C19H17N5O2/c1-10-6-4-8-13-15(10)21-19(23-17(13)25)24-18-20-11(2)12-7-5-9-14(26-3)16(12)22-18/h4-9H,1-3H3,(H2,20,21,22,23,24,25). The number of hydrogen-bond acceptors (Lipinski definition) is 7. The molecular weight excluding hydrogens is 330 g/mol. The second kappa shape index (κ2) is 6.11. The topological polar surface area (TPSA) is 93.0 Å². The summed E-state index contributed by atoms with van der Waals surface area (Å²) in [5.41, 5.74) is 3.13. The molecule has 0 bridgehead atoms. The molecule has 7 nitrogen and oxygen atoms in total. The van der Waals surface area contributed by atoms with Gasteiger partial charge in [0, 0.05) is 5.39 Å². The molecule has 0 amide bonds. The Labute approximate surface area is 149 Å². The molecule has 0 aliphatic rings. The van der Waals surface area contributed by atoms with Gasteiger partial charge in [0.15, 0.2) is 0 Å². The third kappa shape index (κ3) is 2.63. The Morgan fingerprint density at radius 3 is 2.35 bits per heavy atom. The largest absolute Gasteiger partial charge is 0.494 e. The minimum atomic E-state index is -0.0868. The van der Waals surface area contributed by atoms with Crippen LogP contribution in [0.1, 0.15) is 11.3 Å². The summed E-state index contributed by atoms with van der Waals surface area (Å²) in [6, 6.07) is 11.3. The van der Waals surface area contributed by atoms with Crippen molar-refractivity contribution in [3.05, 3.63) is 47.7 Å². The highest BCUT2D eigenvalue weighted by molar-refractivity contribution is 5.88. The van der Waals surface area contributed by atoms with Crippen molar-refractivity contribution >= 4 is 33.7 Å². The maximum Gasteiger partial charge on any atom is 0.233 e. The number of aromatic nitrogens is 4. The third-order valence-electron chi connectivity index (χ3n) is 4.23. The number of fused-ring (bicyclic) bond motifs is 2. The second-order valence-electron chi connectivity index (χ2n) is 5.96. The molecule has 0 radical (unpaired) electrons. The van der Waals surface area contributed by atoms with Crippen molar-refractivity contribution in [2.75, 3.05) is 12.4 Å². The first kappa shape index (κ1) is 16.0. The van der Waals surface area contributed by atoms with E-state index in [4.69, 9.17) is 4.74 Å². The van der Waals surface area contributed by atoms with E-state index < -0.39 is 0 Å². The summed E-state index contributed by atoms with van der Waals surface area (Å²) in [6.45, 7) is 3.83. The van der Waals surface area contributed by atoms with E-state index in [9.17, 15) is 5.11 Å². The molecule has 0 saturated carbocycles. The van der Waals surface area contributed by atoms with E-state index in [1.807, 2.05) is 44.2 Å². The number of nitrogens with zero attached hydrogens (tertiary/aromatic N) is 4. The summed E-state index contributed by atoms with van der Waals surface area (Å²) >= 11 is 0. The Kier molecular flexibility index (Phi) is 3.76. The molecule has 4 rings (SSSR count). The fraction of sp³-hybridized carbons (Fsp3) is 0.158. The zero-order valence-electron chi connectivity index (χ0n) is 14.6. The van der Waals surface area contributed by atoms with E-state index in [0.29, 0.717) is 28.1 Å². The number of aryl methyl sites for hydroxylation is 2. The molecule has 2 aromatic heterocycles. The average molecular weight is 347 g/mol. The van der Waals surface area contributed by atoms with Crippen LogP contribution in [-0.4, -0.2) is 32.2 Å². The molecule has 130 valence electrons. The molecule has 0 aliphatic heterocycles. The number of rotatable bonds is 3. The summed E-state index contributed by atoms with van der Waals surface area (Å²) in [6.07, 6.45) is 0. The fourth-order valence-corrected chi connectivity index (χ4v) is 2.94. The van der Waals surface area contributed by atoms with Crippen LogP contribution < -0.4 is 10.1 Å². The quantitative estimate of drug-likeness (QED) is 0.584. The minimum Gasteiger partial charge on any atom is -0.494 e. The summed E-state index contributed by atoms with van der Waals surface area (Å²) < 4.78 is 5.39. The molecule has 26 heavy (non-hydrogen) atoms. The lowest BCUT2D eigenvalue weighted by Gasteiger charge is -2.10. The Hall–Kier alpha value is -3.48. The first-order valence-corrected chi connectivity index (χ1v) is 8.11. The van der Waals surface area contributed by atoms with Gasteiger partial charge in [0.25, 0.3) is 0 Å². The molecule has 2 aromatic carbocycles. The van der Waals surface area contributed by atoms with E-state index in [0.717, 1.165) is 16.6 Å². The number of hydrogen-bond donors (Lipinski definition) is 2. The molecule has 4 aromatic rings. The van der Waals surface area contributed by atoms with E-state index >= 15 is 0 Å². The molecule has 0 fully saturated rings. The van der Waals surface area contributed by atoms with E-state index in [2.05, 4.69) is 25.3 Å². The van der Waals surface area contributed by atoms with Gasteiger partial charge in [-0.25, -0.2) is 15.0 Å². The van der Waals surface area contributed by atoms with Crippen LogP contribution in [0.5, 0.6) is 11.6 Å². The van der Waals surface area contributed by atoms with Crippen molar-refractivity contribution in [1.82, 2.24) is 19.9 Å². The lowest BCUT2D eigenvalue weighted by Crippen LogP contribution is -2.04. The zero-order valence-corrected chi connectivity index (χ0v) is 14.6. The first-order chi connectivity index (χ1) is 12.6. The lowest BCUT2D eigenvalue weighted by molar-refractivity contribution is 0.419. The number of benzene rings is 2. The summed E-state index contributed by atoms with van der Waals surface area (Å²) in [5.74, 6) is 1.15. The van der Waals surface area contributed by atoms with Crippen LogP contribution in [0.4, 0.5) is 11.9 Å². The molecule has 2 N–H and O–H groups in total.